The molecule has 0 saturated heterocycles. The number of nitrogens with one attached hydrogen (secondary N) is 1. The largest absolute Gasteiger partial charge is 0.451 e. The van der Waals surface area contributed by atoms with Gasteiger partial charge in [0.05, 0.1) is 24.5 Å². The van der Waals surface area contributed by atoms with Gasteiger partial charge in [-0.05, 0) is 12.3 Å². The molecule has 0 bridgehead atoms. The van der Waals surface area contributed by atoms with E-state index in [1.165, 1.54) is 57.7 Å². The van der Waals surface area contributed by atoms with Gasteiger partial charge in [0.25, 0.3) is 0 Å². The van der Waals surface area contributed by atoms with E-state index in [9.17, 15) is 4.79 Å². The molecule has 2 amide bonds. The number of urea groups is 1. The van der Waals surface area contributed by atoms with Crippen LogP contribution in [0.4, 0.5) is 4.79 Å². The summed E-state index contributed by atoms with van der Waals surface area (Å²) in [7, 11) is 0. The van der Waals surface area contributed by atoms with E-state index in [1.807, 2.05) is 0 Å². The summed E-state index contributed by atoms with van der Waals surface area (Å²) < 4.78 is 10.0. The molecule has 1 aliphatic rings. The van der Waals surface area contributed by atoms with Crippen molar-refractivity contribution in [3.05, 3.63) is 36.7 Å². The first kappa shape index (κ1) is 18.5. The van der Waals surface area contributed by atoms with E-state index in [4.69, 9.17) is 8.83 Å². The van der Waals surface area contributed by atoms with Gasteiger partial charge in [-0.25, -0.2) is 14.8 Å². The van der Waals surface area contributed by atoms with Crippen molar-refractivity contribution in [2.75, 3.05) is 6.54 Å². The summed E-state index contributed by atoms with van der Waals surface area (Å²) in [4.78, 5) is 22.5. The first-order valence-corrected chi connectivity index (χ1v) is 9.58. The zero-order valence-electron chi connectivity index (χ0n) is 15.2. The number of oxazole rings is 2. The quantitative estimate of drug-likeness (QED) is 0.803. The highest BCUT2D eigenvalue weighted by molar-refractivity contribution is 5.74. The molecule has 0 aromatic carbocycles. The molecule has 1 saturated carbocycles. The van der Waals surface area contributed by atoms with Gasteiger partial charge in [-0.1, -0.05) is 44.9 Å². The number of aromatic nitrogens is 2. The average molecular weight is 360 g/mol. The molecule has 0 unspecified atom stereocenters. The fourth-order valence-electron chi connectivity index (χ4n) is 3.55. The lowest BCUT2D eigenvalue weighted by Gasteiger charge is -2.23. The molecule has 26 heavy (non-hydrogen) atoms. The van der Waals surface area contributed by atoms with Crippen LogP contribution in [0.3, 0.4) is 0 Å². The number of rotatable bonds is 7. The first-order valence-electron chi connectivity index (χ1n) is 9.58. The summed E-state index contributed by atoms with van der Waals surface area (Å²) in [6.45, 7) is 1.45. The lowest BCUT2D eigenvalue weighted by molar-refractivity contribution is 0.189. The van der Waals surface area contributed by atoms with E-state index < -0.39 is 0 Å². The number of amides is 2. The van der Waals surface area contributed by atoms with Gasteiger partial charge in [0, 0.05) is 6.54 Å². The Labute approximate surface area is 154 Å². The van der Waals surface area contributed by atoms with Crippen molar-refractivity contribution in [1.82, 2.24) is 20.2 Å². The monoisotopic (exact) mass is 360 g/mol. The first-order chi connectivity index (χ1) is 12.8. The van der Waals surface area contributed by atoms with Gasteiger partial charge in [-0.3, -0.25) is 0 Å². The van der Waals surface area contributed by atoms with Crippen LogP contribution in [0, 0.1) is 5.92 Å². The highest BCUT2D eigenvalue weighted by Gasteiger charge is 2.18. The van der Waals surface area contributed by atoms with E-state index in [2.05, 4.69) is 15.3 Å². The molecule has 1 N–H and O–H groups in total. The third-order valence-corrected chi connectivity index (χ3v) is 5.01. The lowest BCUT2D eigenvalue weighted by Crippen LogP contribution is -2.40. The van der Waals surface area contributed by atoms with Crippen molar-refractivity contribution in [2.45, 2.75) is 64.5 Å². The van der Waals surface area contributed by atoms with Crippen molar-refractivity contribution in [3.8, 4) is 0 Å². The highest BCUT2D eigenvalue weighted by atomic mass is 16.3. The maximum Gasteiger partial charge on any atom is 0.318 e. The standard InChI is InChI=1S/C19H28N4O3/c24-19(20-9-8-16-6-4-2-1-3-5-7-16)23(10-17-12-25-14-21-17)11-18-13-26-15-22-18/h12-16H,1-11H2,(H,20,24). The van der Waals surface area contributed by atoms with Gasteiger partial charge in [0.15, 0.2) is 12.8 Å². The second-order valence-corrected chi connectivity index (χ2v) is 7.05. The molecule has 0 radical (unpaired) electrons. The molecular weight excluding hydrogens is 332 g/mol. The summed E-state index contributed by atoms with van der Waals surface area (Å²) in [6.07, 6.45) is 16.2. The van der Waals surface area contributed by atoms with E-state index in [0.717, 1.165) is 12.3 Å². The Morgan fingerprint density at radius 2 is 1.58 bits per heavy atom. The molecule has 2 aromatic rings. The average Bonchev–Trinajstić information content (AvgIpc) is 3.30. The zero-order valence-corrected chi connectivity index (χ0v) is 15.2. The number of hydrogen-bond donors (Lipinski definition) is 1. The summed E-state index contributed by atoms with van der Waals surface area (Å²) >= 11 is 0. The minimum absolute atomic E-state index is 0.109. The molecule has 142 valence electrons. The van der Waals surface area contributed by atoms with Crippen LogP contribution in [-0.2, 0) is 13.1 Å². The van der Waals surface area contributed by atoms with Crippen LogP contribution < -0.4 is 5.32 Å². The van der Waals surface area contributed by atoms with Crippen LogP contribution in [-0.4, -0.2) is 27.4 Å². The lowest BCUT2D eigenvalue weighted by atomic mass is 9.89. The minimum atomic E-state index is -0.109. The molecule has 7 heteroatoms. The van der Waals surface area contributed by atoms with Crippen LogP contribution in [0.1, 0.15) is 62.8 Å². The Bertz CT molecular complexity index is 583. The summed E-state index contributed by atoms with van der Waals surface area (Å²) in [5.74, 6) is 0.732. The maximum atomic E-state index is 12.7. The van der Waals surface area contributed by atoms with Gasteiger partial charge in [0.1, 0.15) is 12.5 Å². The summed E-state index contributed by atoms with van der Waals surface area (Å²) in [5, 5.41) is 3.06. The molecule has 0 aliphatic heterocycles. The molecule has 2 aromatic heterocycles. The maximum absolute atomic E-state index is 12.7. The molecule has 2 heterocycles. The third-order valence-electron chi connectivity index (χ3n) is 5.01. The molecule has 0 spiro atoms. The number of hydrogen-bond acceptors (Lipinski definition) is 5. The van der Waals surface area contributed by atoms with Crippen molar-refractivity contribution in [1.29, 1.82) is 0 Å². The number of nitrogens with zero attached hydrogens (tertiary/aromatic N) is 3. The Morgan fingerprint density at radius 3 is 2.12 bits per heavy atom. The second-order valence-electron chi connectivity index (χ2n) is 7.05. The van der Waals surface area contributed by atoms with Crippen molar-refractivity contribution in [3.63, 3.8) is 0 Å². The van der Waals surface area contributed by atoms with E-state index in [-0.39, 0.29) is 6.03 Å². The molecular formula is C19H28N4O3. The highest BCUT2D eigenvalue weighted by Crippen LogP contribution is 2.24. The fourth-order valence-corrected chi connectivity index (χ4v) is 3.55. The van der Waals surface area contributed by atoms with Gasteiger partial charge < -0.3 is 19.1 Å². The minimum Gasteiger partial charge on any atom is -0.451 e. The Hall–Kier alpha value is -2.31. The molecule has 1 aliphatic carbocycles. The second kappa shape index (κ2) is 9.99. The van der Waals surface area contributed by atoms with Crippen LogP contribution >= 0.6 is 0 Å². The topological polar surface area (TPSA) is 84.4 Å². The van der Waals surface area contributed by atoms with Crippen molar-refractivity contribution in [2.24, 2.45) is 5.92 Å². The van der Waals surface area contributed by atoms with E-state index in [1.54, 1.807) is 17.4 Å². The Balaban J connectivity index is 1.49. The molecule has 7 nitrogen and oxygen atoms in total. The van der Waals surface area contributed by atoms with Crippen molar-refractivity contribution < 1.29 is 13.6 Å². The Morgan fingerprint density at radius 1 is 1.00 bits per heavy atom. The predicted octanol–water partition coefficient (Wildman–Crippen LogP) is 4.13. The predicted molar refractivity (Wildman–Crippen MR) is 96.1 cm³/mol. The zero-order chi connectivity index (χ0) is 18.0. The van der Waals surface area contributed by atoms with Crippen molar-refractivity contribution >= 4 is 6.03 Å². The molecule has 0 atom stereocenters. The smallest absolute Gasteiger partial charge is 0.318 e. The molecule has 1 fully saturated rings. The number of carbonyl (C=O) groups is 1. The molecule has 3 rings (SSSR count). The van der Waals surface area contributed by atoms with Gasteiger partial charge in [-0.15, -0.1) is 0 Å². The van der Waals surface area contributed by atoms with E-state index >= 15 is 0 Å². The third kappa shape index (κ3) is 5.89. The summed E-state index contributed by atoms with van der Waals surface area (Å²) in [6, 6.07) is -0.109. The fraction of sp³-hybridized carbons (Fsp3) is 0.632. The summed E-state index contributed by atoms with van der Waals surface area (Å²) in [5.41, 5.74) is 1.42. The SMILES string of the molecule is O=C(NCCC1CCCCCCC1)N(Cc1cocn1)Cc1cocn1. The van der Waals surface area contributed by atoms with Gasteiger partial charge in [-0.2, -0.15) is 0 Å². The van der Waals surface area contributed by atoms with Crippen LogP contribution in [0.2, 0.25) is 0 Å². The van der Waals surface area contributed by atoms with Gasteiger partial charge in [0.2, 0.25) is 0 Å². The van der Waals surface area contributed by atoms with E-state index in [0.29, 0.717) is 31.0 Å². The van der Waals surface area contributed by atoms with Crippen LogP contribution in [0.25, 0.3) is 0 Å². The van der Waals surface area contributed by atoms with Gasteiger partial charge >= 0.3 is 6.03 Å². The van der Waals surface area contributed by atoms with Crippen LogP contribution in [0.15, 0.2) is 34.1 Å². The normalized spacial score (nSPS) is 16.0. The van der Waals surface area contributed by atoms with Crippen LogP contribution in [0.5, 0.6) is 0 Å². The Kier molecular flexibility index (Phi) is 7.10. The number of carbonyl (C=O) groups excluding carboxylic acids is 1.